The average molecular weight is 257 g/mol. The summed E-state index contributed by atoms with van der Waals surface area (Å²) < 4.78 is 0. The van der Waals surface area contributed by atoms with Gasteiger partial charge < -0.3 is 5.32 Å². The number of nitro groups is 1. The highest BCUT2D eigenvalue weighted by atomic mass is 16.6. The number of hydrogen-bond donors (Lipinski definition) is 1. The van der Waals surface area contributed by atoms with Gasteiger partial charge in [-0.15, -0.1) is 0 Å². The van der Waals surface area contributed by atoms with Gasteiger partial charge in [0.1, 0.15) is 11.9 Å². The second-order valence-electron chi connectivity index (χ2n) is 5.15. The van der Waals surface area contributed by atoms with Crippen molar-refractivity contribution >= 4 is 22.3 Å². The zero-order chi connectivity index (χ0) is 13.4. The van der Waals surface area contributed by atoms with Crippen LogP contribution < -0.4 is 5.32 Å². The van der Waals surface area contributed by atoms with E-state index in [1.165, 1.54) is 12.6 Å². The topological polar surface area (TPSA) is 68.1 Å². The summed E-state index contributed by atoms with van der Waals surface area (Å²) >= 11 is 0. The number of rotatable bonds is 4. The Balaban J connectivity index is 2.01. The zero-order valence-corrected chi connectivity index (χ0v) is 10.7. The predicted molar refractivity (Wildman–Crippen MR) is 74.2 cm³/mol. The van der Waals surface area contributed by atoms with Gasteiger partial charge in [-0.1, -0.05) is 25.1 Å². The molecule has 1 aliphatic rings. The van der Waals surface area contributed by atoms with Gasteiger partial charge in [0.2, 0.25) is 0 Å². The van der Waals surface area contributed by atoms with E-state index >= 15 is 0 Å². The summed E-state index contributed by atoms with van der Waals surface area (Å²) in [4.78, 5) is 14.9. The number of nitrogens with one attached hydrogen (secondary N) is 1. The number of pyridine rings is 1. The Morgan fingerprint density at radius 3 is 2.89 bits per heavy atom. The van der Waals surface area contributed by atoms with Crippen LogP contribution in [0.2, 0.25) is 0 Å². The van der Waals surface area contributed by atoms with Crippen LogP contribution in [0, 0.1) is 22.0 Å². The van der Waals surface area contributed by atoms with Gasteiger partial charge in [-0.3, -0.25) is 10.1 Å². The summed E-state index contributed by atoms with van der Waals surface area (Å²) in [6.45, 7) is 2.99. The van der Waals surface area contributed by atoms with E-state index in [2.05, 4.69) is 17.2 Å². The van der Waals surface area contributed by atoms with E-state index in [1.54, 1.807) is 0 Å². The van der Waals surface area contributed by atoms with Crippen LogP contribution in [-0.4, -0.2) is 16.5 Å². The van der Waals surface area contributed by atoms with Gasteiger partial charge in [0.05, 0.1) is 10.4 Å². The highest BCUT2D eigenvalue weighted by Crippen LogP contribution is 2.39. The summed E-state index contributed by atoms with van der Waals surface area (Å²) in [5.41, 5.74) is 1.42. The van der Waals surface area contributed by atoms with E-state index in [4.69, 9.17) is 0 Å². The monoisotopic (exact) mass is 257 g/mol. The molecule has 2 atom stereocenters. The number of para-hydroxylation sites is 1. The lowest BCUT2D eigenvalue weighted by atomic mass is 10.1. The fraction of sp³-hybridized carbons (Fsp3) is 0.357. The highest BCUT2D eigenvalue weighted by Gasteiger charge is 2.32. The summed E-state index contributed by atoms with van der Waals surface area (Å²) in [5.74, 6) is 1.35. The Kier molecular flexibility index (Phi) is 2.81. The second-order valence-corrected chi connectivity index (χ2v) is 5.15. The van der Waals surface area contributed by atoms with Crippen molar-refractivity contribution < 1.29 is 4.92 Å². The van der Waals surface area contributed by atoms with Gasteiger partial charge in [-0.25, -0.2) is 4.98 Å². The molecule has 98 valence electrons. The maximum Gasteiger partial charge on any atom is 0.311 e. The van der Waals surface area contributed by atoms with Gasteiger partial charge in [0.25, 0.3) is 0 Å². The third-order valence-electron chi connectivity index (χ3n) is 3.77. The van der Waals surface area contributed by atoms with Crippen molar-refractivity contribution in [3.8, 4) is 0 Å². The van der Waals surface area contributed by atoms with Crippen LogP contribution in [0.5, 0.6) is 0 Å². The second kappa shape index (κ2) is 4.50. The lowest BCUT2D eigenvalue weighted by Gasteiger charge is -2.09. The molecule has 2 unspecified atom stereocenters. The number of fused-ring (bicyclic) bond motifs is 1. The molecule has 0 saturated heterocycles. The third kappa shape index (κ3) is 2.23. The molecule has 0 amide bonds. The van der Waals surface area contributed by atoms with Crippen LogP contribution >= 0.6 is 0 Å². The molecule has 1 saturated carbocycles. The van der Waals surface area contributed by atoms with Gasteiger partial charge >= 0.3 is 5.69 Å². The molecule has 19 heavy (non-hydrogen) atoms. The standard InChI is InChI=1S/C14H15N3O2/c1-9-6-10(9)7-16-14-11-4-2-3-5-12(11)15-8-13(14)17(18)19/h2-5,8-10H,6-7H2,1H3,(H,15,16). The zero-order valence-electron chi connectivity index (χ0n) is 10.7. The van der Waals surface area contributed by atoms with E-state index in [1.807, 2.05) is 24.3 Å². The normalized spacial score (nSPS) is 21.3. The molecular formula is C14H15N3O2. The van der Waals surface area contributed by atoms with Crippen LogP contribution in [-0.2, 0) is 0 Å². The molecule has 1 heterocycles. The van der Waals surface area contributed by atoms with Crippen molar-refractivity contribution in [3.05, 3.63) is 40.6 Å². The molecule has 0 bridgehead atoms. The number of hydrogen-bond acceptors (Lipinski definition) is 4. The van der Waals surface area contributed by atoms with Gasteiger partial charge in [-0.2, -0.15) is 0 Å². The number of benzene rings is 1. The molecular weight excluding hydrogens is 242 g/mol. The van der Waals surface area contributed by atoms with Crippen molar-refractivity contribution in [1.29, 1.82) is 0 Å². The molecule has 3 rings (SSSR count). The molecule has 1 aromatic carbocycles. The first kappa shape index (κ1) is 11.9. The Morgan fingerprint density at radius 1 is 1.47 bits per heavy atom. The summed E-state index contributed by atoms with van der Waals surface area (Å²) in [5, 5.41) is 15.2. The van der Waals surface area contributed by atoms with Gasteiger partial charge in [0.15, 0.2) is 0 Å². The lowest BCUT2D eigenvalue weighted by Crippen LogP contribution is -2.07. The van der Waals surface area contributed by atoms with Crippen LogP contribution in [0.3, 0.4) is 0 Å². The van der Waals surface area contributed by atoms with E-state index < -0.39 is 0 Å². The maximum absolute atomic E-state index is 11.1. The Morgan fingerprint density at radius 2 is 2.21 bits per heavy atom. The number of aromatic nitrogens is 1. The van der Waals surface area contributed by atoms with Crippen molar-refractivity contribution in [2.24, 2.45) is 11.8 Å². The predicted octanol–water partition coefficient (Wildman–Crippen LogP) is 3.21. The SMILES string of the molecule is CC1CC1CNc1c([N+](=O)[O-])cnc2ccccc12. The minimum Gasteiger partial charge on any atom is -0.379 e. The lowest BCUT2D eigenvalue weighted by molar-refractivity contribution is -0.384. The van der Waals surface area contributed by atoms with Gasteiger partial charge in [-0.05, 0) is 24.3 Å². The molecule has 0 spiro atoms. The minimum atomic E-state index is -0.377. The molecule has 0 radical (unpaired) electrons. The average Bonchev–Trinajstić information content (AvgIpc) is 3.11. The Hall–Kier alpha value is -2.17. The van der Waals surface area contributed by atoms with Crippen LogP contribution in [0.1, 0.15) is 13.3 Å². The quantitative estimate of drug-likeness (QED) is 0.674. The van der Waals surface area contributed by atoms with Crippen molar-refractivity contribution in [2.75, 3.05) is 11.9 Å². The first-order chi connectivity index (χ1) is 9.16. The maximum atomic E-state index is 11.1. The fourth-order valence-corrected chi connectivity index (χ4v) is 2.37. The molecule has 1 fully saturated rings. The van der Waals surface area contributed by atoms with Crippen LogP contribution in [0.4, 0.5) is 11.4 Å². The van der Waals surface area contributed by atoms with Crippen molar-refractivity contribution in [1.82, 2.24) is 4.98 Å². The molecule has 1 aromatic heterocycles. The summed E-state index contributed by atoms with van der Waals surface area (Å²) in [6, 6.07) is 7.49. The Bertz CT molecular complexity index is 642. The molecule has 5 nitrogen and oxygen atoms in total. The van der Waals surface area contributed by atoms with E-state index in [0.717, 1.165) is 23.4 Å². The van der Waals surface area contributed by atoms with E-state index in [0.29, 0.717) is 11.6 Å². The largest absolute Gasteiger partial charge is 0.379 e. The first-order valence-corrected chi connectivity index (χ1v) is 6.43. The number of anilines is 1. The van der Waals surface area contributed by atoms with Crippen LogP contribution in [0.15, 0.2) is 30.5 Å². The third-order valence-corrected chi connectivity index (χ3v) is 3.77. The molecule has 5 heteroatoms. The molecule has 0 aliphatic heterocycles. The smallest absolute Gasteiger partial charge is 0.311 e. The van der Waals surface area contributed by atoms with E-state index in [-0.39, 0.29) is 10.6 Å². The molecule has 2 aromatic rings. The van der Waals surface area contributed by atoms with Crippen molar-refractivity contribution in [2.45, 2.75) is 13.3 Å². The van der Waals surface area contributed by atoms with Gasteiger partial charge in [0, 0.05) is 11.9 Å². The highest BCUT2D eigenvalue weighted by molar-refractivity contribution is 5.95. The van der Waals surface area contributed by atoms with E-state index in [9.17, 15) is 10.1 Å². The summed E-state index contributed by atoms with van der Waals surface area (Å²) in [6.07, 6.45) is 2.53. The Labute approximate surface area is 110 Å². The first-order valence-electron chi connectivity index (χ1n) is 6.43. The van der Waals surface area contributed by atoms with Crippen molar-refractivity contribution in [3.63, 3.8) is 0 Å². The fourth-order valence-electron chi connectivity index (χ4n) is 2.37. The number of nitrogens with zero attached hydrogens (tertiary/aromatic N) is 2. The summed E-state index contributed by atoms with van der Waals surface area (Å²) in [7, 11) is 0. The molecule has 1 aliphatic carbocycles. The molecule has 1 N–H and O–H groups in total. The minimum absolute atomic E-state index is 0.0482. The van der Waals surface area contributed by atoms with Crippen LogP contribution in [0.25, 0.3) is 10.9 Å².